The Morgan fingerprint density at radius 2 is 2.45 bits per heavy atom. The smallest absolute Gasteiger partial charge is 0.0216 e. The molecular formula is C9H16N2. The van der Waals surface area contributed by atoms with Gasteiger partial charge in [-0.05, 0) is 19.9 Å². The summed E-state index contributed by atoms with van der Waals surface area (Å²) in [5.74, 6) is 5.95. The van der Waals surface area contributed by atoms with E-state index in [1.165, 1.54) is 0 Å². The zero-order valence-corrected chi connectivity index (χ0v) is 7.14. The van der Waals surface area contributed by atoms with Crippen LogP contribution in [0, 0.1) is 11.8 Å². The van der Waals surface area contributed by atoms with Gasteiger partial charge in [0.1, 0.15) is 0 Å². The van der Waals surface area contributed by atoms with Crippen molar-refractivity contribution in [3.05, 3.63) is 0 Å². The lowest BCUT2D eigenvalue weighted by Crippen LogP contribution is -2.27. The molecule has 0 aromatic carbocycles. The third-order valence-electron chi connectivity index (χ3n) is 2.04. The van der Waals surface area contributed by atoms with Crippen LogP contribution in [0.15, 0.2) is 0 Å². The summed E-state index contributed by atoms with van der Waals surface area (Å²) in [4.78, 5) is 2.38. The lowest BCUT2D eigenvalue weighted by molar-refractivity contribution is 0.343. The molecule has 0 spiro atoms. The van der Waals surface area contributed by atoms with Crippen LogP contribution in [-0.2, 0) is 0 Å². The average Bonchev–Trinajstić information content (AvgIpc) is 2.37. The molecule has 62 valence electrons. The van der Waals surface area contributed by atoms with Crippen molar-refractivity contribution in [2.24, 2.45) is 5.73 Å². The highest BCUT2D eigenvalue weighted by molar-refractivity contribution is 4.95. The third-order valence-corrected chi connectivity index (χ3v) is 2.04. The van der Waals surface area contributed by atoms with Crippen LogP contribution in [-0.4, -0.2) is 30.6 Å². The quantitative estimate of drug-likeness (QED) is 0.581. The van der Waals surface area contributed by atoms with Crippen LogP contribution in [0.3, 0.4) is 0 Å². The fraction of sp³-hybridized carbons (Fsp3) is 0.778. The van der Waals surface area contributed by atoms with E-state index in [0.717, 1.165) is 32.5 Å². The largest absolute Gasteiger partial charge is 0.326 e. The van der Waals surface area contributed by atoms with Crippen LogP contribution in [0.2, 0.25) is 0 Å². The van der Waals surface area contributed by atoms with Crippen molar-refractivity contribution < 1.29 is 0 Å². The molecular weight excluding hydrogens is 136 g/mol. The van der Waals surface area contributed by atoms with E-state index in [1.54, 1.807) is 0 Å². The second-order valence-electron chi connectivity index (χ2n) is 3.03. The molecule has 0 saturated carbocycles. The SMILES string of the molecule is CC#CCCN1CCC(N)C1. The highest BCUT2D eigenvalue weighted by Crippen LogP contribution is 2.06. The number of likely N-dealkylation sites (tertiary alicyclic amines) is 1. The molecule has 1 heterocycles. The predicted molar refractivity (Wildman–Crippen MR) is 47.1 cm³/mol. The molecule has 0 aromatic rings. The van der Waals surface area contributed by atoms with Crippen LogP contribution in [0.1, 0.15) is 19.8 Å². The van der Waals surface area contributed by atoms with Gasteiger partial charge in [0, 0.05) is 25.6 Å². The van der Waals surface area contributed by atoms with Gasteiger partial charge in [-0.15, -0.1) is 11.8 Å². The first-order valence-electron chi connectivity index (χ1n) is 4.20. The van der Waals surface area contributed by atoms with Crippen molar-refractivity contribution in [2.45, 2.75) is 25.8 Å². The third kappa shape index (κ3) is 2.92. The highest BCUT2D eigenvalue weighted by atomic mass is 15.2. The van der Waals surface area contributed by atoms with Gasteiger partial charge in [-0.3, -0.25) is 0 Å². The van der Waals surface area contributed by atoms with Gasteiger partial charge in [0.2, 0.25) is 0 Å². The number of hydrogen-bond donors (Lipinski definition) is 1. The molecule has 1 aliphatic rings. The van der Waals surface area contributed by atoms with E-state index in [-0.39, 0.29) is 0 Å². The number of nitrogens with two attached hydrogens (primary N) is 1. The highest BCUT2D eigenvalue weighted by Gasteiger charge is 2.17. The predicted octanol–water partition coefficient (Wildman–Crippen LogP) is 0.433. The molecule has 1 atom stereocenters. The van der Waals surface area contributed by atoms with E-state index in [9.17, 15) is 0 Å². The molecule has 0 radical (unpaired) electrons. The molecule has 1 unspecified atom stereocenters. The topological polar surface area (TPSA) is 29.3 Å². The maximum absolute atomic E-state index is 5.75. The maximum atomic E-state index is 5.75. The maximum Gasteiger partial charge on any atom is 0.0216 e. The molecule has 1 fully saturated rings. The van der Waals surface area contributed by atoms with E-state index in [2.05, 4.69) is 16.7 Å². The first-order valence-corrected chi connectivity index (χ1v) is 4.20. The molecule has 1 rings (SSSR count). The summed E-state index contributed by atoms with van der Waals surface area (Å²) in [6.07, 6.45) is 2.14. The minimum Gasteiger partial charge on any atom is -0.326 e. The van der Waals surface area contributed by atoms with Crippen molar-refractivity contribution in [2.75, 3.05) is 19.6 Å². The number of hydrogen-bond acceptors (Lipinski definition) is 2. The number of rotatable bonds is 2. The number of nitrogens with zero attached hydrogens (tertiary/aromatic N) is 1. The summed E-state index contributed by atoms with van der Waals surface area (Å²) in [5.41, 5.74) is 5.75. The summed E-state index contributed by atoms with van der Waals surface area (Å²) >= 11 is 0. The Kier molecular flexibility index (Phi) is 3.41. The standard InChI is InChI=1S/C9H16N2/c1-2-3-4-6-11-7-5-9(10)8-11/h9H,4-8,10H2,1H3. The Bertz CT molecular complexity index is 166. The van der Waals surface area contributed by atoms with Crippen molar-refractivity contribution in [3.63, 3.8) is 0 Å². The minimum atomic E-state index is 0.407. The monoisotopic (exact) mass is 152 g/mol. The normalized spacial score (nSPS) is 24.7. The molecule has 2 heteroatoms. The van der Waals surface area contributed by atoms with Gasteiger partial charge in [-0.1, -0.05) is 0 Å². The molecule has 0 aromatic heterocycles. The van der Waals surface area contributed by atoms with E-state index in [4.69, 9.17) is 5.73 Å². The van der Waals surface area contributed by atoms with E-state index in [1.807, 2.05) is 6.92 Å². The fourth-order valence-corrected chi connectivity index (χ4v) is 1.40. The van der Waals surface area contributed by atoms with E-state index < -0.39 is 0 Å². The molecule has 0 amide bonds. The Morgan fingerprint density at radius 1 is 1.64 bits per heavy atom. The van der Waals surface area contributed by atoms with Gasteiger partial charge < -0.3 is 10.6 Å². The molecule has 2 nitrogen and oxygen atoms in total. The molecule has 0 aliphatic carbocycles. The summed E-state index contributed by atoms with van der Waals surface area (Å²) in [6.45, 7) is 5.20. The van der Waals surface area contributed by atoms with Gasteiger partial charge in [-0.2, -0.15) is 0 Å². The van der Waals surface area contributed by atoms with Crippen molar-refractivity contribution in [1.29, 1.82) is 0 Å². The summed E-state index contributed by atoms with van der Waals surface area (Å²) in [7, 11) is 0. The minimum absolute atomic E-state index is 0.407. The van der Waals surface area contributed by atoms with E-state index in [0.29, 0.717) is 6.04 Å². The van der Waals surface area contributed by atoms with Gasteiger partial charge >= 0.3 is 0 Å². The molecule has 1 aliphatic heterocycles. The fourth-order valence-electron chi connectivity index (χ4n) is 1.40. The lowest BCUT2D eigenvalue weighted by atomic mass is 10.3. The average molecular weight is 152 g/mol. The van der Waals surface area contributed by atoms with Crippen molar-refractivity contribution in [1.82, 2.24) is 4.90 Å². The van der Waals surface area contributed by atoms with Gasteiger partial charge in [0.05, 0.1) is 0 Å². The van der Waals surface area contributed by atoms with Crippen molar-refractivity contribution in [3.8, 4) is 11.8 Å². The van der Waals surface area contributed by atoms with Crippen LogP contribution in [0.4, 0.5) is 0 Å². The summed E-state index contributed by atoms with van der Waals surface area (Å²) in [5, 5.41) is 0. The first-order chi connectivity index (χ1) is 5.33. The van der Waals surface area contributed by atoms with Crippen LogP contribution >= 0.6 is 0 Å². The Balaban J connectivity index is 2.11. The van der Waals surface area contributed by atoms with Gasteiger partial charge in [0.25, 0.3) is 0 Å². The second kappa shape index (κ2) is 4.38. The zero-order chi connectivity index (χ0) is 8.10. The zero-order valence-electron chi connectivity index (χ0n) is 7.14. The summed E-state index contributed by atoms with van der Waals surface area (Å²) < 4.78 is 0. The Hall–Kier alpha value is -0.520. The van der Waals surface area contributed by atoms with Crippen LogP contribution < -0.4 is 5.73 Å². The van der Waals surface area contributed by atoms with E-state index >= 15 is 0 Å². The van der Waals surface area contributed by atoms with Crippen LogP contribution in [0.5, 0.6) is 0 Å². The first kappa shape index (κ1) is 8.58. The molecule has 1 saturated heterocycles. The molecule has 11 heavy (non-hydrogen) atoms. The molecule has 2 N–H and O–H groups in total. The Morgan fingerprint density at radius 3 is 3.00 bits per heavy atom. The van der Waals surface area contributed by atoms with Crippen LogP contribution in [0.25, 0.3) is 0 Å². The lowest BCUT2D eigenvalue weighted by Gasteiger charge is -2.11. The Labute approximate surface area is 68.8 Å². The van der Waals surface area contributed by atoms with Gasteiger partial charge in [0.15, 0.2) is 0 Å². The van der Waals surface area contributed by atoms with Gasteiger partial charge in [-0.25, -0.2) is 0 Å². The van der Waals surface area contributed by atoms with Crippen molar-refractivity contribution >= 4 is 0 Å². The molecule has 0 bridgehead atoms. The summed E-state index contributed by atoms with van der Waals surface area (Å²) in [6, 6.07) is 0.407. The second-order valence-corrected chi connectivity index (χ2v) is 3.03.